The number of pyridine rings is 1. The molecule has 5 nitrogen and oxygen atoms in total. The third-order valence-corrected chi connectivity index (χ3v) is 4.23. The lowest BCUT2D eigenvalue weighted by atomic mass is 10.2. The number of alkyl halides is 3. The summed E-state index contributed by atoms with van der Waals surface area (Å²) in [6, 6.07) is 7.33. The number of aromatic nitrogens is 3. The van der Waals surface area contributed by atoms with Gasteiger partial charge in [-0.25, -0.2) is 9.67 Å². The van der Waals surface area contributed by atoms with E-state index in [9.17, 15) is 18.0 Å². The molecule has 0 unspecified atom stereocenters. The zero-order valence-corrected chi connectivity index (χ0v) is 15.1. The Kier molecular flexibility index (Phi) is 4.93. The van der Waals surface area contributed by atoms with Crippen molar-refractivity contribution in [2.45, 2.75) is 20.0 Å². The fourth-order valence-electron chi connectivity index (χ4n) is 2.45. The van der Waals surface area contributed by atoms with Crippen molar-refractivity contribution in [1.29, 1.82) is 0 Å². The van der Waals surface area contributed by atoms with E-state index in [1.807, 2.05) is 13.0 Å². The zero-order valence-electron chi connectivity index (χ0n) is 14.3. The SMILES string of the molecule is Cc1ccc(NC(=O)c2cnn(-c3ccc(C(F)(F)F)cn3)c2C)c(Cl)c1. The quantitative estimate of drug-likeness (QED) is 0.693. The Bertz CT molecular complexity index is 997. The molecule has 2 heterocycles. The maximum atomic E-state index is 12.6. The number of nitrogens with zero attached hydrogens (tertiary/aromatic N) is 3. The molecule has 140 valence electrons. The number of benzene rings is 1. The van der Waals surface area contributed by atoms with Crippen molar-refractivity contribution in [1.82, 2.24) is 14.8 Å². The average Bonchev–Trinajstić information content (AvgIpc) is 2.98. The fraction of sp³-hybridized carbons (Fsp3) is 0.167. The molecule has 0 atom stereocenters. The molecule has 1 aromatic carbocycles. The van der Waals surface area contributed by atoms with Crippen LogP contribution in [-0.4, -0.2) is 20.7 Å². The van der Waals surface area contributed by atoms with Crippen molar-refractivity contribution in [3.63, 3.8) is 0 Å². The predicted molar refractivity (Wildman–Crippen MR) is 95.2 cm³/mol. The number of carbonyl (C=O) groups excluding carboxylic acids is 1. The minimum Gasteiger partial charge on any atom is -0.321 e. The Morgan fingerprint density at radius 1 is 1.15 bits per heavy atom. The molecule has 0 fully saturated rings. The van der Waals surface area contributed by atoms with Gasteiger partial charge in [-0.1, -0.05) is 17.7 Å². The zero-order chi connectivity index (χ0) is 19.8. The standard InChI is InChI=1S/C18H14ClF3N4O/c1-10-3-5-15(14(19)7-10)25-17(27)13-9-24-26(11(13)2)16-6-4-12(8-23-16)18(20,21)22/h3-9H,1-2H3,(H,25,27). The molecule has 0 spiro atoms. The van der Waals surface area contributed by atoms with Gasteiger partial charge in [0.2, 0.25) is 0 Å². The van der Waals surface area contributed by atoms with Gasteiger partial charge in [0.05, 0.1) is 33.7 Å². The van der Waals surface area contributed by atoms with Crippen molar-refractivity contribution >= 4 is 23.2 Å². The number of amides is 1. The molecule has 0 aliphatic rings. The van der Waals surface area contributed by atoms with Crippen LogP contribution in [0.25, 0.3) is 5.82 Å². The van der Waals surface area contributed by atoms with Crippen molar-refractivity contribution in [2.75, 3.05) is 5.32 Å². The summed E-state index contributed by atoms with van der Waals surface area (Å²) < 4.78 is 39.2. The number of hydrogen-bond donors (Lipinski definition) is 1. The lowest BCUT2D eigenvalue weighted by molar-refractivity contribution is -0.137. The first-order valence-corrected chi connectivity index (χ1v) is 8.20. The summed E-state index contributed by atoms with van der Waals surface area (Å²) >= 11 is 6.12. The Hall–Kier alpha value is -2.87. The molecular weight excluding hydrogens is 381 g/mol. The van der Waals surface area contributed by atoms with Gasteiger partial charge in [0, 0.05) is 6.20 Å². The molecule has 0 aliphatic heterocycles. The van der Waals surface area contributed by atoms with Crippen LogP contribution in [0.15, 0.2) is 42.7 Å². The second kappa shape index (κ2) is 7.03. The molecule has 3 aromatic rings. The normalized spacial score (nSPS) is 11.5. The Balaban J connectivity index is 1.85. The minimum absolute atomic E-state index is 0.174. The van der Waals surface area contributed by atoms with Crippen LogP contribution in [0.2, 0.25) is 5.02 Å². The summed E-state index contributed by atoms with van der Waals surface area (Å²) in [6.45, 7) is 3.50. The third-order valence-electron chi connectivity index (χ3n) is 3.92. The number of hydrogen-bond acceptors (Lipinski definition) is 3. The first kappa shape index (κ1) is 18.9. The lowest BCUT2D eigenvalue weighted by Crippen LogP contribution is -2.14. The van der Waals surface area contributed by atoms with Crippen LogP contribution in [0.1, 0.15) is 27.2 Å². The molecular formula is C18H14ClF3N4O. The second-order valence-corrected chi connectivity index (χ2v) is 6.30. The van der Waals surface area contributed by atoms with E-state index in [1.54, 1.807) is 19.1 Å². The number of nitrogens with one attached hydrogen (secondary N) is 1. The molecule has 3 rings (SSSR count). The highest BCUT2D eigenvalue weighted by atomic mass is 35.5. The molecule has 1 amide bonds. The van der Waals surface area contributed by atoms with Gasteiger partial charge in [-0.05, 0) is 43.7 Å². The van der Waals surface area contributed by atoms with Crippen LogP contribution in [-0.2, 0) is 6.18 Å². The van der Waals surface area contributed by atoms with Crippen LogP contribution < -0.4 is 5.32 Å². The summed E-state index contributed by atoms with van der Waals surface area (Å²) in [5.41, 5.74) is 1.24. The maximum absolute atomic E-state index is 12.6. The number of carbonyl (C=O) groups is 1. The summed E-state index contributed by atoms with van der Waals surface area (Å²) in [5, 5.41) is 7.15. The highest BCUT2D eigenvalue weighted by Gasteiger charge is 2.30. The summed E-state index contributed by atoms with van der Waals surface area (Å²) in [5.74, 6) is -0.260. The van der Waals surface area contributed by atoms with Gasteiger partial charge in [-0.15, -0.1) is 0 Å². The number of anilines is 1. The van der Waals surface area contributed by atoms with Gasteiger partial charge in [-0.2, -0.15) is 18.3 Å². The van der Waals surface area contributed by atoms with Gasteiger partial charge < -0.3 is 5.32 Å². The molecule has 0 saturated heterocycles. The van der Waals surface area contributed by atoms with E-state index in [1.165, 1.54) is 16.9 Å². The van der Waals surface area contributed by atoms with E-state index in [0.29, 0.717) is 16.4 Å². The molecule has 27 heavy (non-hydrogen) atoms. The molecule has 2 aromatic heterocycles. The summed E-state index contributed by atoms with van der Waals surface area (Å²) in [4.78, 5) is 16.3. The number of aryl methyl sites for hydroxylation is 1. The van der Waals surface area contributed by atoms with Crippen molar-refractivity contribution in [3.8, 4) is 5.82 Å². The van der Waals surface area contributed by atoms with Crippen LogP contribution in [0.5, 0.6) is 0 Å². The van der Waals surface area contributed by atoms with E-state index >= 15 is 0 Å². The second-order valence-electron chi connectivity index (χ2n) is 5.90. The van der Waals surface area contributed by atoms with Crippen molar-refractivity contribution in [2.24, 2.45) is 0 Å². The van der Waals surface area contributed by atoms with Crippen LogP contribution in [0.4, 0.5) is 18.9 Å². The monoisotopic (exact) mass is 394 g/mol. The third kappa shape index (κ3) is 3.95. The van der Waals surface area contributed by atoms with Gasteiger partial charge in [0.25, 0.3) is 5.91 Å². The molecule has 0 radical (unpaired) electrons. The van der Waals surface area contributed by atoms with E-state index in [-0.39, 0.29) is 11.4 Å². The lowest BCUT2D eigenvalue weighted by Gasteiger charge is -2.09. The largest absolute Gasteiger partial charge is 0.417 e. The van der Waals surface area contributed by atoms with Crippen molar-refractivity contribution in [3.05, 3.63) is 70.1 Å². The minimum atomic E-state index is -4.47. The van der Waals surface area contributed by atoms with E-state index < -0.39 is 17.6 Å². The summed E-state index contributed by atoms with van der Waals surface area (Å²) in [6.07, 6.45) is -2.42. The van der Waals surface area contributed by atoms with E-state index in [0.717, 1.165) is 17.8 Å². The average molecular weight is 395 g/mol. The fourth-order valence-corrected chi connectivity index (χ4v) is 2.74. The molecule has 9 heteroatoms. The van der Waals surface area contributed by atoms with Gasteiger partial charge in [0.15, 0.2) is 5.82 Å². The van der Waals surface area contributed by atoms with E-state index in [2.05, 4.69) is 15.4 Å². The smallest absolute Gasteiger partial charge is 0.321 e. The molecule has 0 bridgehead atoms. The summed E-state index contributed by atoms with van der Waals surface area (Å²) in [7, 11) is 0. The maximum Gasteiger partial charge on any atom is 0.417 e. The van der Waals surface area contributed by atoms with Gasteiger partial charge in [-0.3, -0.25) is 4.79 Å². The first-order chi connectivity index (χ1) is 12.7. The number of halogens is 4. The number of rotatable bonds is 3. The Morgan fingerprint density at radius 2 is 1.89 bits per heavy atom. The highest BCUT2D eigenvalue weighted by molar-refractivity contribution is 6.34. The molecule has 0 aliphatic carbocycles. The van der Waals surface area contributed by atoms with Crippen LogP contribution in [0, 0.1) is 13.8 Å². The van der Waals surface area contributed by atoms with Gasteiger partial charge in [0.1, 0.15) is 0 Å². The highest BCUT2D eigenvalue weighted by Crippen LogP contribution is 2.29. The Labute approximate surface area is 157 Å². The van der Waals surface area contributed by atoms with E-state index in [4.69, 9.17) is 11.6 Å². The Morgan fingerprint density at radius 3 is 2.48 bits per heavy atom. The molecule has 0 saturated carbocycles. The molecule has 1 N–H and O–H groups in total. The van der Waals surface area contributed by atoms with Crippen molar-refractivity contribution < 1.29 is 18.0 Å². The van der Waals surface area contributed by atoms with Crippen LogP contribution >= 0.6 is 11.6 Å². The first-order valence-electron chi connectivity index (χ1n) is 7.82. The van der Waals surface area contributed by atoms with Crippen LogP contribution in [0.3, 0.4) is 0 Å². The topological polar surface area (TPSA) is 59.8 Å². The van der Waals surface area contributed by atoms with Gasteiger partial charge >= 0.3 is 6.18 Å². The predicted octanol–water partition coefficient (Wildman–Crippen LogP) is 4.81.